The van der Waals surface area contributed by atoms with Gasteiger partial charge in [-0.2, -0.15) is 13.2 Å². The lowest BCUT2D eigenvalue weighted by molar-refractivity contribution is -0.166. The largest absolute Gasteiger partial charge is 0.454 e. The van der Waals surface area contributed by atoms with Crippen LogP contribution >= 0.6 is 0 Å². The minimum Gasteiger partial charge on any atom is -0.302 e. The van der Waals surface area contributed by atoms with E-state index in [0.29, 0.717) is 12.8 Å². The molecule has 1 aliphatic carbocycles. The van der Waals surface area contributed by atoms with Crippen molar-refractivity contribution in [3.63, 3.8) is 0 Å². The van der Waals surface area contributed by atoms with Gasteiger partial charge in [0.1, 0.15) is 0 Å². The molecule has 0 saturated heterocycles. The number of alkyl halides is 3. The topological polar surface area (TPSA) is 58.2 Å². The standard InChI is InChI=1S/C11H15F3N2O2/c1-6(2)10(18)16-15-8-5-3-4-7(8)9(17)11(12,13)14/h6,15H,3-5H2,1-2H3,(H,16,18). The van der Waals surface area contributed by atoms with Gasteiger partial charge >= 0.3 is 6.18 Å². The van der Waals surface area contributed by atoms with Crippen LogP contribution in [0.1, 0.15) is 33.1 Å². The highest BCUT2D eigenvalue weighted by molar-refractivity contribution is 6.00. The van der Waals surface area contributed by atoms with Crippen LogP contribution in [0.15, 0.2) is 11.3 Å². The van der Waals surface area contributed by atoms with Crippen molar-refractivity contribution < 1.29 is 22.8 Å². The van der Waals surface area contributed by atoms with Crippen molar-refractivity contribution >= 4 is 11.7 Å². The van der Waals surface area contributed by atoms with Gasteiger partial charge in [0.2, 0.25) is 5.91 Å². The number of rotatable bonds is 4. The van der Waals surface area contributed by atoms with Crippen molar-refractivity contribution in [3.05, 3.63) is 11.3 Å². The fourth-order valence-electron chi connectivity index (χ4n) is 1.58. The third-order valence-corrected chi connectivity index (χ3v) is 2.61. The molecule has 0 unspecified atom stereocenters. The number of allylic oxidation sites excluding steroid dienone is 2. The first-order valence-corrected chi connectivity index (χ1v) is 5.63. The van der Waals surface area contributed by atoms with Gasteiger partial charge in [0.25, 0.3) is 5.78 Å². The van der Waals surface area contributed by atoms with Crippen molar-refractivity contribution in [2.75, 3.05) is 0 Å². The van der Waals surface area contributed by atoms with Crippen molar-refractivity contribution in [1.29, 1.82) is 0 Å². The molecule has 2 N–H and O–H groups in total. The van der Waals surface area contributed by atoms with E-state index < -0.39 is 12.0 Å². The zero-order valence-corrected chi connectivity index (χ0v) is 10.1. The molecule has 0 aromatic heterocycles. The van der Waals surface area contributed by atoms with Gasteiger partial charge in [-0.15, -0.1) is 0 Å². The number of amides is 1. The van der Waals surface area contributed by atoms with Gasteiger partial charge in [0.05, 0.1) is 0 Å². The lowest BCUT2D eigenvalue weighted by Crippen LogP contribution is -2.40. The maximum Gasteiger partial charge on any atom is 0.454 e. The molecule has 18 heavy (non-hydrogen) atoms. The molecule has 102 valence electrons. The van der Waals surface area contributed by atoms with Gasteiger partial charge in [-0.3, -0.25) is 15.0 Å². The van der Waals surface area contributed by atoms with E-state index in [1.54, 1.807) is 13.8 Å². The van der Waals surface area contributed by atoms with Crippen molar-refractivity contribution in [1.82, 2.24) is 10.9 Å². The molecule has 0 heterocycles. The van der Waals surface area contributed by atoms with E-state index in [1.165, 1.54) is 0 Å². The Bertz CT molecular complexity index is 386. The third kappa shape index (κ3) is 3.48. The number of hydrogen-bond donors (Lipinski definition) is 2. The molecule has 7 heteroatoms. The number of hydrazine groups is 1. The van der Waals surface area contributed by atoms with Crippen LogP contribution in [-0.4, -0.2) is 17.9 Å². The van der Waals surface area contributed by atoms with Crippen LogP contribution in [0.2, 0.25) is 0 Å². The first-order chi connectivity index (χ1) is 8.23. The van der Waals surface area contributed by atoms with E-state index >= 15 is 0 Å². The summed E-state index contributed by atoms with van der Waals surface area (Å²) in [4.78, 5) is 22.4. The quantitative estimate of drug-likeness (QED) is 0.762. The molecule has 0 aliphatic heterocycles. The molecule has 0 fully saturated rings. The summed E-state index contributed by atoms with van der Waals surface area (Å²) in [6.45, 7) is 3.31. The normalized spacial score (nSPS) is 16.1. The number of nitrogens with one attached hydrogen (secondary N) is 2. The van der Waals surface area contributed by atoms with Gasteiger partial charge in [-0.1, -0.05) is 13.8 Å². The summed E-state index contributed by atoms with van der Waals surface area (Å²) in [6.07, 6.45) is -3.99. The van der Waals surface area contributed by atoms with E-state index in [0.717, 1.165) is 0 Å². The van der Waals surface area contributed by atoms with Crippen LogP contribution < -0.4 is 10.9 Å². The number of ketones is 1. The second-order valence-corrected chi connectivity index (χ2v) is 4.41. The molecule has 0 bridgehead atoms. The molecule has 0 radical (unpaired) electrons. The first kappa shape index (κ1) is 14.5. The molecule has 0 atom stereocenters. The Balaban J connectivity index is 2.73. The van der Waals surface area contributed by atoms with Gasteiger partial charge in [-0.25, -0.2) is 0 Å². The van der Waals surface area contributed by atoms with Gasteiger partial charge in [-0.05, 0) is 19.3 Å². The molecule has 0 aromatic carbocycles. The summed E-state index contributed by atoms with van der Waals surface area (Å²) < 4.78 is 36.9. The smallest absolute Gasteiger partial charge is 0.302 e. The van der Waals surface area contributed by atoms with Gasteiger partial charge in [0, 0.05) is 17.2 Å². The first-order valence-electron chi connectivity index (χ1n) is 5.63. The summed E-state index contributed by atoms with van der Waals surface area (Å²) in [5.41, 5.74) is 4.59. The molecular formula is C11H15F3N2O2. The highest BCUT2D eigenvalue weighted by Crippen LogP contribution is 2.30. The van der Waals surface area contributed by atoms with Crippen LogP contribution in [0.4, 0.5) is 13.2 Å². The van der Waals surface area contributed by atoms with Crippen LogP contribution in [0, 0.1) is 5.92 Å². The Morgan fingerprint density at radius 1 is 1.22 bits per heavy atom. The second-order valence-electron chi connectivity index (χ2n) is 4.41. The molecule has 0 saturated carbocycles. The Kier molecular flexibility index (Phi) is 4.37. The highest BCUT2D eigenvalue weighted by Gasteiger charge is 2.42. The number of halogens is 3. The summed E-state index contributed by atoms with van der Waals surface area (Å²) in [7, 11) is 0. The lowest BCUT2D eigenvalue weighted by atomic mass is 10.1. The molecule has 1 rings (SSSR count). The summed E-state index contributed by atoms with van der Waals surface area (Å²) in [5, 5.41) is 0. The van der Waals surface area contributed by atoms with Crippen molar-refractivity contribution in [3.8, 4) is 0 Å². The fourth-order valence-corrected chi connectivity index (χ4v) is 1.58. The van der Waals surface area contributed by atoms with Crippen molar-refractivity contribution in [2.45, 2.75) is 39.3 Å². The van der Waals surface area contributed by atoms with Gasteiger partial charge in [0.15, 0.2) is 0 Å². The summed E-state index contributed by atoms with van der Waals surface area (Å²) >= 11 is 0. The van der Waals surface area contributed by atoms with Crippen molar-refractivity contribution in [2.24, 2.45) is 5.92 Å². The van der Waals surface area contributed by atoms with E-state index in [-0.39, 0.29) is 29.5 Å². The molecule has 0 aromatic rings. The third-order valence-electron chi connectivity index (χ3n) is 2.61. The zero-order chi connectivity index (χ0) is 13.9. The SMILES string of the molecule is CC(C)C(=O)NNC1=C(C(=O)C(F)(F)F)CCC1. The average molecular weight is 264 g/mol. The Labute approximate surface area is 103 Å². The second kappa shape index (κ2) is 5.41. The Hall–Kier alpha value is -1.53. The maximum atomic E-state index is 12.3. The Morgan fingerprint density at radius 3 is 2.33 bits per heavy atom. The van der Waals surface area contributed by atoms with Crippen LogP contribution in [-0.2, 0) is 9.59 Å². The van der Waals surface area contributed by atoms with Crippen LogP contribution in [0.3, 0.4) is 0 Å². The van der Waals surface area contributed by atoms with E-state index in [4.69, 9.17) is 0 Å². The summed E-state index contributed by atoms with van der Waals surface area (Å²) in [6, 6.07) is 0. The fraction of sp³-hybridized carbons (Fsp3) is 0.636. The van der Waals surface area contributed by atoms with E-state index in [2.05, 4.69) is 10.9 Å². The predicted molar refractivity (Wildman–Crippen MR) is 58.1 cm³/mol. The minimum atomic E-state index is -4.87. The summed E-state index contributed by atoms with van der Waals surface area (Å²) in [5.74, 6) is -2.46. The number of hydrogen-bond acceptors (Lipinski definition) is 3. The predicted octanol–water partition coefficient (Wildman–Crippen LogP) is 1.83. The minimum absolute atomic E-state index is 0.0816. The molecular weight excluding hydrogens is 249 g/mol. The number of carbonyl (C=O) groups is 2. The maximum absolute atomic E-state index is 12.3. The molecule has 4 nitrogen and oxygen atoms in total. The zero-order valence-electron chi connectivity index (χ0n) is 10.1. The molecule has 0 spiro atoms. The van der Waals surface area contributed by atoms with E-state index in [9.17, 15) is 22.8 Å². The number of carbonyl (C=O) groups excluding carboxylic acids is 2. The molecule has 1 aliphatic rings. The highest BCUT2D eigenvalue weighted by atomic mass is 19.4. The van der Waals surface area contributed by atoms with Crippen LogP contribution in [0.5, 0.6) is 0 Å². The van der Waals surface area contributed by atoms with Gasteiger partial charge < -0.3 is 5.43 Å². The monoisotopic (exact) mass is 264 g/mol. The number of Topliss-reactive ketones (excluding diaryl/α,β-unsaturated/α-hetero) is 1. The Morgan fingerprint density at radius 2 is 1.83 bits per heavy atom. The lowest BCUT2D eigenvalue weighted by Gasteiger charge is -2.13. The average Bonchev–Trinajstić information content (AvgIpc) is 2.71. The van der Waals surface area contributed by atoms with Crippen LogP contribution in [0.25, 0.3) is 0 Å². The molecule has 1 amide bonds. The van der Waals surface area contributed by atoms with E-state index in [1.807, 2.05) is 0 Å².